The Kier molecular flexibility index (Phi) is 5.01. The van der Waals surface area contributed by atoms with Gasteiger partial charge in [0, 0.05) is 18.2 Å². The number of ether oxygens (including phenoxy) is 1. The van der Waals surface area contributed by atoms with E-state index in [1.807, 2.05) is 30.8 Å². The molecule has 4 aromatic rings. The molecule has 6 heteroatoms. The van der Waals surface area contributed by atoms with Crippen LogP contribution in [0.2, 0.25) is 0 Å². The molecule has 4 rings (SSSR count). The van der Waals surface area contributed by atoms with Crippen molar-refractivity contribution < 1.29 is 9.13 Å². The molecular formula is C23H23FN4O. The third-order valence-corrected chi connectivity index (χ3v) is 5.01. The van der Waals surface area contributed by atoms with Crippen molar-refractivity contribution in [2.75, 3.05) is 7.11 Å². The zero-order chi connectivity index (χ0) is 20.5. The van der Waals surface area contributed by atoms with Crippen LogP contribution in [0.5, 0.6) is 5.75 Å². The van der Waals surface area contributed by atoms with Crippen LogP contribution in [0.1, 0.15) is 24.6 Å². The van der Waals surface area contributed by atoms with Crippen LogP contribution in [0.25, 0.3) is 33.7 Å². The smallest absolute Gasteiger partial charge is 0.160 e. The molecule has 0 spiro atoms. The minimum Gasteiger partial charge on any atom is -0.496 e. The van der Waals surface area contributed by atoms with E-state index in [0.29, 0.717) is 5.82 Å². The Hall–Kier alpha value is -3.28. The second-order valence-corrected chi connectivity index (χ2v) is 7.10. The lowest BCUT2D eigenvalue weighted by molar-refractivity contribution is 0.412. The highest BCUT2D eigenvalue weighted by Crippen LogP contribution is 2.33. The van der Waals surface area contributed by atoms with Crippen molar-refractivity contribution in [3.8, 4) is 28.4 Å². The Balaban J connectivity index is 2.00. The third-order valence-electron chi connectivity index (χ3n) is 5.01. The number of methoxy groups -OCH3 is 1. The summed E-state index contributed by atoms with van der Waals surface area (Å²) < 4.78 is 20.7. The van der Waals surface area contributed by atoms with Crippen LogP contribution in [0.15, 0.2) is 42.5 Å². The molecule has 0 aliphatic heterocycles. The van der Waals surface area contributed by atoms with E-state index in [1.54, 1.807) is 19.2 Å². The number of aromatic nitrogens is 4. The van der Waals surface area contributed by atoms with E-state index in [9.17, 15) is 4.39 Å². The van der Waals surface area contributed by atoms with Crippen molar-refractivity contribution in [1.29, 1.82) is 0 Å². The lowest BCUT2D eigenvalue weighted by atomic mass is 10.1. The predicted molar refractivity (Wildman–Crippen MR) is 112 cm³/mol. The van der Waals surface area contributed by atoms with E-state index in [4.69, 9.17) is 19.8 Å². The molecule has 0 aliphatic carbocycles. The van der Waals surface area contributed by atoms with Gasteiger partial charge in [0.15, 0.2) is 5.82 Å². The van der Waals surface area contributed by atoms with Gasteiger partial charge in [-0.1, -0.05) is 13.3 Å². The van der Waals surface area contributed by atoms with Gasteiger partial charge in [0.25, 0.3) is 0 Å². The average Bonchev–Trinajstić information content (AvgIpc) is 3.03. The fourth-order valence-electron chi connectivity index (χ4n) is 3.60. The van der Waals surface area contributed by atoms with Gasteiger partial charge in [0.1, 0.15) is 28.3 Å². The lowest BCUT2D eigenvalue weighted by Gasteiger charge is -2.11. The van der Waals surface area contributed by atoms with Crippen LogP contribution in [0.4, 0.5) is 4.39 Å². The maximum Gasteiger partial charge on any atom is 0.160 e. The summed E-state index contributed by atoms with van der Waals surface area (Å²) >= 11 is 0. The Labute approximate surface area is 169 Å². The normalized spacial score (nSPS) is 11.2. The highest BCUT2D eigenvalue weighted by Gasteiger charge is 2.19. The molecule has 0 saturated carbocycles. The molecule has 0 bridgehead atoms. The molecule has 2 heterocycles. The van der Waals surface area contributed by atoms with Crippen molar-refractivity contribution in [2.45, 2.75) is 26.7 Å². The zero-order valence-electron chi connectivity index (χ0n) is 17.0. The van der Waals surface area contributed by atoms with Crippen LogP contribution in [0, 0.1) is 12.7 Å². The standard InChI is InChI=1S/C23H23FN4O/c1-5-6-18-21-22(28(3)27-18)20(16-9-12-19(29-4)14(2)13-16)25-23(26-21)15-7-10-17(24)11-8-15/h7-13H,5-6H2,1-4H3. The van der Waals surface area contributed by atoms with Gasteiger partial charge in [0.2, 0.25) is 0 Å². The number of hydrogen-bond acceptors (Lipinski definition) is 4. The van der Waals surface area contributed by atoms with E-state index < -0.39 is 0 Å². The Bertz CT molecular complexity index is 1180. The number of fused-ring (bicyclic) bond motifs is 1. The molecule has 0 aliphatic rings. The summed E-state index contributed by atoms with van der Waals surface area (Å²) in [5, 5.41) is 4.70. The Morgan fingerprint density at radius 2 is 1.76 bits per heavy atom. The first-order chi connectivity index (χ1) is 14.0. The van der Waals surface area contributed by atoms with Gasteiger partial charge in [-0.3, -0.25) is 4.68 Å². The Morgan fingerprint density at radius 1 is 1.03 bits per heavy atom. The minimum atomic E-state index is -0.283. The summed E-state index contributed by atoms with van der Waals surface area (Å²) in [7, 11) is 3.58. The molecule has 0 atom stereocenters. The molecule has 0 fully saturated rings. The van der Waals surface area contributed by atoms with Gasteiger partial charge in [-0.05, 0) is 61.4 Å². The molecule has 29 heavy (non-hydrogen) atoms. The second kappa shape index (κ2) is 7.62. The minimum absolute atomic E-state index is 0.283. The monoisotopic (exact) mass is 390 g/mol. The van der Waals surface area contributed by atoms with E-state index in [0.717, 1.165) is 57.7 Å². The first kappa shape index (κ1) is 19.1. The SMILES string of the molecule is CCCc1nn(C)c2c(-c3ccc(OC)c(C)c3)nc(-c3ccc(F)cc3)nc12. The Morgan fingerprint density at radius 3 is 2.41 bits per heavy atom. The largest absolute Gasteiger partial charge is 0.496 e. The van der Waals surface area contributed by atoms with Gasteiger partial charge in [-0.25, -0.2) is 14.4 Å². The number of benzene rings is 2. The van der Waals surface area contributed by atoms with Crippen LogP contribution in [-0.2, 0) is 13.5 Å². The topological polar surface area (TPSA) is 52.8 Å². The highest BCUT2D eigenvalue weighted by molar-refractivity contribution is 5.92. The van der Waals surface area contributed by atoms with Crippen LogP contribution in [0.3, 0.4) is 0 Å². The molecule has 0 unspecified atom stereocenters. The van der Waals surface area contributed by atoms with Crippen molar-refractivity contribution in [3.63, 3.8) is 0 Å². The molecule has 5 nitrogen and oxygen atoms in total. The quantitative estimate of drug-likeness (QED) is 0.475. The fourth-order valence-corrected chi connectivity index (χ4v) is 3.60. The summed E-state index contributed by atoms with van der Waals surface area (Å²) in [5.41, 5.74) is 6.24. The molecule has 2 aromatic carbocycles. The van der Waals surface area contributed by atoms with Gasteiger partial charge in [-0.15, -0.1) is 0 Å². The number of halogens is 1. The van der Waals surface area contributed by atoms with Crippen LogP contribution >= 0.6 is 0 Å². The number of nitrogens with zero attached hydrogens (tertiary/aromatic N) is 4. The molecule has 0 amide bonds. The maximum atomic E-state index is 13.4. The molecular weight excluding hydrogens is 367 g/mol. The van der Waals surface area contributed by atoms with E-state index >= 15 is 0 Å². The first-order valence-corrected chi connectivity index (χ1v) is 9.66. The summed E-state index contributed by atoms with van der Waals surface area (Å²) in [6, 6.07) is 12.3. The maximum absolute atomic E-state index is 13.4. The molecule has 0 radical (unpaired) electrons. The van der Waals surface area contributed by atoms with E-state index in [1.165, 1.54) is 12.1 Å². The summed E-state index contributed by atoms with van der Waals surface area (Å²) in [5.74, 6) is 1.11. The average molecular weight is 390 g/mol. The van der Waals surface area contributed by atoms with Crippen molar-refractivity contribution >= 4 is 11.0 Å². The van der Waals surface area contributed by atoms with Gasteiger partial charge in [0.05, 0.1) is 12.8 Å². The third kappa shape index (κ3) is 3.46. The molecule has 0 saturated heterocycles. The summed E-state index contributed by atoms with van der Waals surface area (Å²) in [6.07, 6.45) is 1.80. The highest BCUT2D eigenvalue weighted by atomic mass is 19.1. The number of aryl methyl sites for hydroxylation is 3. The first-order valence-electron chi connectivity index (χ1n) is 9.66. The molecule has 2 aromatic heterocycles. The number of rotatable bonds is 5. The molecule has 148 valence electrons. The van der Waals surface area contributed by atoms with Crippen molar-refractivity contribution in [2.24, 2.45) is 7.05 Å². The predicted octanol–water partition coefficient (Wildman–Crippen LogP) is 5.11. The van der Waals surface area contributed by atoms with E-state index in [-0.39, 0.29) is 5.82 Å². The molecule has 0 N–H and O–H groups in total. The van der Waals surface area contributed by atoms with Gasteiger partial charge >= 0.3 is 0 Å². The van der Waals surface area contributed by atoms with Gasteiger partial charge in [-0.2, -0.15) is 5.10 Å². The van der Waals surface area contributed by atoms with Crippen molar-refractivity contribution in [3.05, 3.63) is 59.5 Å². The summed E-state index contributed by atoms with van der Waals surface area (Å²) in [6.45, 7) is 4.13. The zero-order valence-corrected chi connectivity index (χ0v) is 17.0. The van der Waals surface area contributed by atoms with Gasteiger partial charge < -0.3 is 4.74 Å². The summed E-state index contributed by atoms with van der Waals surface area (Å²) in [4.78, 5) is 9.68. The fraction of sp³-hybridized carbons (Fsp3) is 0.261. The lowest BCUT2D eigenvalue weighted by Crippen LogP contribution is -1.99. The second-order valence-electron chi connectivity index (χ2n) is 7.10. The number of hydrogen-bond donors (Lipinski definition) is 0. The van der Waals surface area contributed by atoms with Crippen LogP contribution < -0.4 is 4.74 Å². The van der Waals surface area contributed by atoms with Crippen LogP contribution in [-0.4, -0.2) is 26.9 Å². The van der Waals surface area contributed by atoms with E-state index in [2.05, 4.69) is 13.0 Å². The van der Waals surface area contributed by atoms with Crippen molar-refractivity contribution in [1.82, 2.24) is 19.7 Å².